The molecule has 2 N–H and O–H groups in total. The number of hydrogen-bond donors (Lipinski definition) is 2. The second kappa shape index (κ2) is 8.83. The molecule has 0 atom stereocenters. The number of aromatic nitrogens is 1. The zero-order valence-corrected chi connectivity index (χ0v) is 16.0. The molecule has 26 heavy (non-hydrogen) atoms. The van der Waals surface area contributed by atoms with Crippen molar-refractivity contribution in [1.82, 2.24) is 10.3 Å². The van der Waals surface area contributed by atoms with Gasteiger partial charge >= 0.3 is 0 Å². The first kappa shape index (κ1) is 18.4. The molecule has 0 saturated carbocycles. The Bertz CT molecular complexity index is 863. The van der Waals surface area contributed by atoms with Crippen molar-refractivity contribution in [3.8, 4) is 0 Å². The van der Waals surface area contributed by atoms with E-state index in [-0.39, 0.29) is 5.91 Å². The second-order valence-electron chi connectivity index (χ2n) is 5.91. The summed E-state index contributed by atoms with van der Waals surface area (Å²) < 4.78 is 0. The van der Waals surface area contributed by atoms with Gasteiger partial charge in [0.25, 0.3) is 5.91 Å². The number of carbonyl (C=O) groups excluding carboxylic acids is 1. The number of rotatable bonds is 7. The number of benzene rings is 2. The van der Waals surface area contributed by atoms with Crippen LogP contribution >= 0.6 is 22.9 Å². The van der Waals surface area contributed by atoms with E-state index >= 15 is 0 Å². The van der Waals surface area contributed by atoms with E-state index in [0.717, 1.165) is 29.4 Å². The van der Waals surface area contributed by atoms with Crippen molar-refractivity contribution in [2.45, 2.75) is 19.9 Å². The van der Waals surface area contributed by atoms with Crippen molar-refractivity contribution < 1.29 is 4.79 Å². The summed E-state index contributed by atoms with van der Waals surface area (Å²) in [6, 6.07) is 17.7. The van der Waals surface area contributed by atoms with Crippen LogP contribution in [0.4, 0.5) is 5.13 Å². The average Bonchev–Trinajstić information content (AvgIpc) is 3.02. The second-order valence-corrected chi connectivity index (χ2v) is 7.34. The fourth-order valence-corrected chi connectivity index (χ4v) is 3.54. The highest BCUT2D eigenvalue weighted by molar-refractivity contribution is 7.17. The molecule has 134 valence electrons. The summed E-state index contributed by atoms with van der Waals surface area (Å²) in [6.07, 6.45) is 0.914. The molecule has 1 heterocycles. The lowest BCUT2D eigenvalue weighted by atomic mass is 10.2. The van der Waals surface area contributed by atoms with Gasteiger partial charge in [0.05, 0.1) is 5.69 Å². The number of halogens is 1. The normalized spacial score (nSPS) is 10.5. The molecule has 3 aromatic rings. The van der Waals surface area contributed by atoms with Crippen LogP contribution in [0.5, 0.6) is 0 Å². The zero-order valence-electron chi connectivity index (χ0n) is 14.5. The lowest BCUT2D eigenvalue weighted by molar-refractivity contribution is 0.0954. The van der Waals surface area contributed by atoms with Gasteiger partial charge in [-0.15, -0.1) is 0 Å². The Kier molecular flexibility index (Phi) is 6.26. The largest absolute Gasteiger partial charge is 0.361 e. The summed E-state index contributed by atoms with van der Waals surface area (Å²) in [7, 11) is 0. The van der Waals surface area contributed by atoms with Crippen molar-refractivity contribution in [3.05, 3.63) is 81.3 Å². The minimum Gasteiger partial charge on any atom is -0.361 e. The van der Waals surface area contributed by atoms with Gasteiger partial charge in [-0.2, -0.15) is 0 Å². The molecule has 0 aliphatic carbocycles. The van der Waals surface area contributed by atoms with Crippen LogP contribution in [-0.2, 0) is 13.0 Å². The Morgan fingerprint density at radius 2 is 1.81 bits per heavy atom. The molecule has 2 aromatic carbocycles. The van der Waals surface area contributed by atoms with Gasteiger partial charge < -0.3 is 10.6 Å². The van der Waals surface area contributed by atoms with E-state index in [9.17, 15) is 4.79 Å². The smallest absolute Gasteiger partial charge is 0.263 e. The predicted molar refractivity (Wildman–Crippen MR) is 108 cm³/mol. The highest BCUT2D eigenvalue weighted by Crippen LogP contribution is 2.22. The van der Waals surface area contributed by atoms with E-state index in [1.807, 2.05) is 49.4 Å². The first-order valence-electron chi connectivity index (χ1n) is 8.39. The highest BCUT2D eigenvalue weighted by Gasteiger charge is 2.15. The maximum atomic E-state index is 12.4. The van der Waals surface area contributed by atoms with Gasteiger partial charge in [0.2, 0.25) is 0 Å². The molecule has 0 unspecified atom stereocenters. The number of thiazole rings is 1. The van der Waals surface area contributed by atoms with Gasteiger partial charge in [0, 0.05) is 18.1 Å². The van der Waals surface area contributed by atoms with Crippen molar-refractivity contribution in [1.29, 1.82) is 0 Å². The van der Waals surface area contributed by atoms with Crippen molar-refractivity contribution in [3.63, 3.8) is 0 Å². The van der Waals surface area contributed by atoms with Gasteiger partial charge in [-0.3, -0.25) is 4.79 Å². The van der Waals surface area contributed by atoms with Crippen LogP contribution in [-0.4, -0.2) is 17.4 Å². The minimum atomic E-state index is -0.106. The summed E-state index contributed by atoms with van der Waals surface area (Å²) in [6.45, 7) is 3.10. The van der Waals surface area contributed by atoms with Gasteiger partial charge in [-0.05, 0) is 36.6 Å². The van der Waals surface area contributed by atoms with Crippen molar-refractivity contribution in [2.75, 3.05) is 11.9 Å². The summed E-state index contributed by atoms with van der Waals surface area (Å²) in [5.74, 6) is -0.106. The topological polar surface area (TPSA) is 54.0 Å². The Morgan fingerprint density at radius 3 is 2.54 bits per heavy atom. The fourth-order valence-electron chi connectivity index (χ4n) is 2.51. The zero-order chi connectivity index (χ0) is 18.4. The number of carbonyl (C=O) groups is 1. The number of amides is 1. The van der Waals surface area contributed by atoms with Crippen LogP contribution in [0.3, 0.4) is 0 Å². The molecule has 1 amide bonds. The molecule has 0 saturated heterocycles. The van der Waals surface area contributed by atoms with Gasteiger partial charge in [0.15, 0.2) is 5.13 Å². The van der Waals surface area contributed by atoms with E-state index in [1.54, 1.807) is 0 Å². The molecule has 3 rings (SSSR count). The number of anilines is 1. The highest BCUT2D eigenvalue weighted by atomic mass is 35.5. The lowest BCUT2D eigenvalue weighted by Gasteiger charge is -2.04. The molecule has 6 heteroatoms. The van der Waals surface area contributed by atoms with E-state index < -0.39 is 0 Å². The number of nitrogens with zero attached hydrogens (tertiary/aromatic N) is 1. The van der Waals surface area contributed by atoms with Crippen LogP contribution in [0.15, 0.2) is 54.6 Å². The van der Waals surface area contributed by atoms with E-state index in [4.69, 9.17) is 11.6 Å². The van der Waals surface area contributed by atoms with Crippen LogP contribution in [0.25, 0.3) is 0 Å². The van der Waals surface area contributed by atoms with Gasteiger partial charge in [-0.25, -0.2) is 4.98 Å². The monoisotopic (exact) mass is 385 g/mol. The summed E-state index contributed by atoms with van der Waals surface area (Å²) in [5.41, 5.74) is 3.02. The number of aryl methyl sites for hydroxylation is 1. The van der Waals surface area contributed by atoms with Gasteiger partial charge in [0.1, 0.15) is 4.88 Å². The maximum Gasteiger partial charge on any atom is 0.263 e. The lowest BCUT2D eigenvalue weighted by Crippen LogP contribution is -2.22. The minimum absolute atomic E-state index is 0.106. The number of nitrogens with one attached hydrogen (secondary N) is 2. The molecule has 0 radical (unpaired) electrons. The molecule has 0 fully saturated rings. The van der Waals surface area contributed by atoms with Crippen molar-refractivity contribution >= 4 is 34.0 Å². The first-order chi connectivity index (χ1) is 12.6. The first-order valence-corrected chi connectivity index (χ1v) is 9.59. The van der Waals surface area contributed by atoms with E-state index in [0.29, 0.717) is 16.4 Å². The molecule has 0 spiro atoms. The maximum absolute atomic E-state index is 12.4. The van der Waals surface area contributed by atoms with Crippen LogP contribution in [0.2, 0.25) is 5.02 Å². The third-order valence-electron chi connectivity index (χ3n) is 3.90. The summed E-state index contributed by atoms with van der Waals surface area (Å²) in [5, 5.41) is 7.69. The van der Waals surface area contributed by atoms with Gasteiger partial charge in [-0.1, -0.05) is 65.4 Å². The third-order valence-corrected chi connectivity index (χ3v) is 5.27. The Morgan fingerprint density at radius 1 is 1.08 bits per heavy atom. The quantitative estimate of drug-likeness (QED) is 0.620. The Hall–Kier alpha value is -2.37. The predicted octanol–water partition coefficient (Wildman–Crippen LogP) is 4.69. The average molecular weight is 386 g/mol. The molecule has 1 aromatic heterocycles. The Balaban J connectivity index is 1.53. The summed E-state index contributed by atoms with van der Waals surface area (Å²) >= 11 is 7.26. The summed E-state index contributed by atoms with van der Waals surface area (Å²) in [4.78, 5) is 17.5. The Labute approximate surface area is 162 Å². The standard InChI is InChI=1S/C20H20ClN3OS/c1-14-18(19(25)23-13-16-7-9-17(21)10-8-16)26-20(24-14)22-12-11-15-5-3-2-4-6-15/h2-10H,11-13H2,1H3,(H,22,24)(H,23,25). The van der Waals surface area contributed by atoms with Crippen LogP contribution in [0, 0.1) is 6.92 Å². The van der Waals surface area contributed by atoms with E-state index in [1.165, 1.54) is 16.9 Å². The fraction of sp³-hybridized carbons (Fsp3) is 0.200. The van der Waals surface area contributed by atoms with Crippen LogP contribution in [0.1, 0.15) is 26.5 Å². The number of hydrogen-bond acceptors (Lipinski definition) is 4. The third kappa shape index (κ3) is 5.07. The van der Waals surface area contributed by atoms with Crippen LogP contribution < -0.4 is 10.6 Å². The molecular weight excluding hydrogens is 366 g/mol. The molecule has 0 aliphatic rings. The van der Waals surface area contributed by atoms with Crippen molar-refractivity contribution in [2.24, 2.45) is 0 Å². The molecule has 0 bridgehead atoms. The van der Waals surface area contributed by atoms with E-state index in [2.05, 4.69) is 27.8 Å². The molecule has 4 nitrogen and oxygen atoms in total. The molecular formula is C20H20ClN3OS. The molecule has 0 aliphatic heterocycles. The SMILES string of the molecule is Cc1nc(NCCc2ccccc2)sc1C(=O)NCc1ccc(Cl)cc1.